The van der Waals surface area contributed by atoms with E-state index >= 15 is 0 Å². The maximum absolute atomic E-state index is 9.08. The van der Waals surface area contributed by atoms with Gasteiger partial charge in [-0.3, -0.25) is 0 Å². The molecule has 0 amide bonds. The van der Waals surface area contributed by atoms with Gasteiger partial charge in [0.05, 0.1) is 6.54 Å². The lowest BCUT2D eigenvalue weighted by Gasteiger charge is -1.95. The largest absolute Gasteiger partial charge is 1.00 e. The van der Waals surface area contributed by atoms with Gasteiger partial charge in [0.2, 0.25) is 6.33 Å². The number of rotatable bonds is 2. The van der Waals surface area contributed by atoms with E-state index in [1.807, 2.05) is 23.3 Å². The standard InChI is InChI=1S/C7H13N2O.BrH/c1-3-8-4-5-9(6-8)7(2)10;/h4-7,10H,3H2,1-2H3;1H/q+1;/p-1. The fourth-order valence-corrected chi connectivity index (χ4v) is 0.819. The number of nitrogens with zero attached hydrogens (tertiary/aromatic N) is 2. The highest BCUT2D eigenvalue weighted by Gasteiger charge is 2.05. The molecule has 4 heteroatoms. The summed E-state index contributed by atoms with van der Waals surface area (Å²) in [5, 5.41) is 9.08. The van der Waals surface area contributed by atoms with Gasteiger partial charge in [0.15, 0.2) is 6.23 Å². The lowest BCUT2D eigenvalue weighted by molar-refractivity contribution is -0.693. The highest BCUT2D eigenvalue weighted by atomic mass is 79.9. The van der Waals surface area contributed by atoms with E-state index in [9.17, 15) is 0 Å². The Bertz CT molecular complexity index is 210. The third kappa shape index (κ3) is 2.63. The van der Waals surface area contributed by atoms with E-state index in [0.717, 1.165) is 6.54 Å². The van der Waals surface area contributed by atoms with Crippen molar-refractivity contribution >= 4 is 0 Å². The highest BCUT2D eigenvalue weighted by molar-refractivity contribution is 4.67. The summed E-state index contributed by atoms with van der Waals surface area (Å²) in [7, 11) is 0. The molecule has 0 saturated carbocycles. The molecule has 0 radical (unpaired) electrons. The van der Waals surface area contributed by atoms with Crippen LogP contribution in [0.1, 0.15) is 20.1 Å². The normalized spacial score (nSPS) is 12.3. The molecule has 1 heterocycles. The molecule has 1 unspecified atom stereocenters. The number of aryl methyl sites for hydroxylation is 1. The first-order chi connectivity index (χ1) is 4.74. The fourth-order valence-electron chi connectivity index (χ4n) is 0.819. The summed E-state index contributed by atoms with van der Waals surface area (Å²) in [4.78, 5) is 0. The van der Waals surface area contributed by atoms with E-state index in [1.165, 1.54) is 0 Å². The molecule has 0 aliphatic rings. The summed E-state index contributed by atoms with van der Waals surface area (Å²) >= 11 is 0. The smallest absolute Gasteiger partial charge is 0.245 e. The number of halogens is 1. The Kier molecular flexibility index (Phi) is 4.37. The Labute approximate surface area is 77.0 Å². The minimum Gasteiger partial charge on any atom is -1.00 e. The average Bonchev–Trinajstić information content (AvgIpc) is 2.34. The van der Waals surface area contributed by atoms with Crippen molar-refractivity contribution in [1.29, 1.82) is 0 Å². The number of hydrogen-bond acceptors (Lipinski definition) is 1. The monoisotopic (exact) mass is 220 g/mol. The Morgan fingerprint density at radius 1 is 1.64 bits per heavy atom. The number of aromatic nitrogens is 2. The van der Waals surface area contributed by atoms with Crippen molar-refractivity contribution in [1.82, 2.24) is 4.57 Å². The van der Waals surface area contributed by atoms with Gasteiger partial charge in [-0.15, -0.1) is 0 Å². The van der Waals surface area contributed by atoms with Crippen LogP contribution in [-0.2, 0) is 6.54 Å². The zero-order valence-electron chi connectivity index (χ0n) is 6.74. The molecule has 0 aliphatic heterocycles. The SMILES string of the molecule is CC[n+]1ccn(C(C)O)c1.[Br-]. The molecule has 0 fully saturated rings. The molecule has 0 bridgehead atoms. The molecule has 1 aromatic rings. The van der Waals surface area contributed by atoms with Gasteiger partial charge in [0.1, 0.15) is 12.4 Å². The van der Waals surface area contributed by atoms with Crippen molar-refractivity contribution in [2.75, 3.05) is 0 Å². The van der Waals surface area contributed by atoms with Crippen LogP contribution in [0.15, 0.2) is 18.7 Å². The van der Waals surface area contributed by atoms with Crippen LogP contribution in [0.4, 0.5) is 0 Å². The zero-order valence-corrected chi connectivity index (χ0v) is 8.32. The molecule has 1 atom stereocenters. The third-order valence-corrected chi connectivity index (χ3v) is 1.51. The van der Waals surface area contributed by atoms with E-state index in [0.29, 0.717) is 0 Å². The molecule has 1 N–H and O–H groups in total. The van der Waals surface area contributed by atoms with Crippen molar-refractivity contribution in [3.05, 3.63) is 18.7 Å². The van der Waals surface area contributed by atoms with Gasteiger partial charge in [0.25, 0.3) is 0 Å². The molecule has 3 nitrogen and oxygen atoms in total. The van der Waals surface area contributed by atoms with Crippen LogP contribution >= 0.6 is 0 Å². The average molecular weight is 221 g/mol. The summed E-state index contributed by atoms with van der Waals surface area (Å²) in [6.45, 7) is 4.74. The lowest BCUT2D eigenvalue weighted by Crippen LogP contribution is -3.00. The predicted molar refractivity (Wildman–Crippen MR) is 37.2 cm³/mol. The van der Waals surface area contributed by atoms with Crippen LogP contribution in [0.25, 0.3) is 0 Å². The first kappa shape index (κ1) is 10.7. The Balaban J connectivity index is 0.000001000. The number of hydrogen-bond donors (Lipinski definition) is 1. The predicted octanol–water partition coefficient (Wildman–Crippen LogP) is -2.69. The molecule has 11 heavy (non-hydrogen) atoms. The van der Waals surface area contributed by atoms with Crippen molar-refractivity contribution in [2.24, 2.45) is 0 Å². The van der Waals surface area contributed by atoms with Crippen LogP contribution in [0.3, 0.4) is 0 Å². The van der Waals surface area contributed by atoms with E-state index in [1.54, 1.807) is 11.5 Å². The summed E-state index contributed by atoms with van der Waals surface area (Å²) in [5.41, 5.74) is 0. The Morgan fingerprint density at radius 3 is 2.55 bits per heavy atom. The molecule has 0 aliphatic carbocycles. The molecular formula is C7H13BrN2O. The second kappa shape index (κ2) is 4.51. The molecule has 0 aromatic carbocycles. The fraction of sp³-hybridized carbons (Fsp3) is 0.571. The summed E-state index contributed by atoms with van der Waals surface area (Å²) in [5.74, 6) is 0. The molecule has 0 spiro atoms. The van der Waals surface area contributed by atoms with Gasteiger partial charge in [-0.1, -0.05) is 0 Å². The quantitative estimate of drug-likeness (QED) is 0.541. The second-order valence-corrected chi connectivity index (χ2v) is 2.32. The second-order valence-electron chi connectivity index (χ2n) is 2.32. The van der Waals surface area contributed by atoms with Crippen LogP contribution in [0, 0.1) is 0 Å². The lowest BCUT2D eigenvalue weighted by atomic mass is 10.6. The van der Waals surface area contributed by atoms with Gasteiger partial charge < -0.3 is 22.1 Å². The molecule has 0 saturated heterocycles. The molecule has 64 valence electrons. The van der Waals surface area contributed by atoms with Gasteiger partial charge in [-0.05, 0) is 6.92 Å². The van der Waals surface area contributed by atoms with Crippen LogP contribution in [-0.4, -0.2) is 9.67 Å². The van der Waals surface area contributed by atoms with Gasteiger partial charge in [0, 0.05) is 6.92 Å². The zero-order chi connectivity index (χ0) is 7.56. The minimum atomic E-state index is -0.423. The van der Waals surface area contributed by atoms with Crippen molar-refractivity contribution in [3.8, 4) is 0 Å². The van der Waals surface area contributed by atoms with E-state index < -0.39 is 6.23 Å². The topological polar surface area (TPSA) is 29.0 Å². The summed E-state index contributed by atoms with van der Waals surface area (Å²) in [6.07, 6.45) is 5.25. The van der Waals surface area contributed by atoms with Crippen LogP contribution < -0.4 is 21.5 Å². The van der Waals surface area contributed by atoms with Gasteiger partial charge in [-0.25, -0.2) is 9.13 Å². The number of imidazole rings is 1. The minimum absolute atomic E-state index is 0. The summed E-state index contributed by atoms with van der Waals surface area (Å²) < 4.78 is 3.76. The maximum Gasteiger partial charge on any atom is 0.245 e. The summed E-state index contributed by atoms with van der Waals surface area (Å²) in [6, 6.07) is 0. The Morgan fingerprint density at radius 2 is 2.27 bits per heavy atom. The van der Waals surface area contributed by atoms with Gasteiger partial charge >= 0.3 is 0 Å². The Hall–Kier alpha value is -0.350. The van der Waals surface area contributed by atoms with E-state index in [2.05, 4.69) is 6.92 Å². The van der Waals surface area contributed by atoms with E-state index in [-0.39, 0.29) is 17.0 Å². The maximum atomic E-state index is 9.08. The number of aliphatic hydroxyl groups is 1. The van der Waals surface area contributed by atoms with Crippen molar-refractivity contribution in [3.63, 3.8) is 0 Å². The third-order valence-electron chi connectivity index (χ3n) is 1.51. The first-order valence-corrected chi connectivity index (χ1v) is 3.48. The van der Waals surface area contributed by atoms with Crippen molar-refractivity contribution in [2.45, 2.75) is 26.6 Å². The van der Waals surface area contributed by atoms with Crippen LogP contribution in [0.2, 0.25) is 0 Å². The van der Waals surface area contributed by atoms with E-state index in [4.69, 9.17) is 5.11 Å². The van der Waals surface area contributed by atoms with Gasteiger partial charge in [-0.2, -0.15) is 0 Å². The molecular weight excluding hydrogens is 208 g/mol. The number of aliphatic hydroxyl groups excluding tert-OH is 1. The van der Waals surface area contributed by atoms with Crippen LogP contribution in [0.5, 0.6) is 0 Å². The molecule has 1 rings (SSSR count). The highest BCUT2D eigenvalue weighted by Crippen LogP contribution is 1.95. The first-order valence-electron chi connectivity index (χ1n) is 3.48. The molecule has 1 aromatic heterocycles. The van der Waals surface area contributed by atoms with Crippen molar-refractivity contribution < 1.29 is 26.7 Å².